The number of nitrogens with zero attached hydrogens (tertiary/aromatic N) is 5. The van der Waals surface area contributed by atoms with Crippen molar-refractivity contribution in [2.24, 2.45) is 0 Å². The minimum absolute atomic E-state index is 0.00652. The number of pyridine rings is 1. The number of nitrogen functional groups attached to an aromatic ring is 1. The maximum Gasteiger partial charge on any atom is 0.433 e. The summed E-state index contributed by atoms with van der Waals surface area (Å²) in [7, 11) is 0. The highest BCUT2D eigenvalue weighted by Gasteiger charge is 2.32. The first-order chi connectivity index (χ1) is 19.5. The van der Waals surface area contributed by atoms with Crippen LogP contribution in [0.25, 0.3) is 16.6 Å². The number of hydrogen-bond acceptors (Lipinski definition) is 7. The van der Waals surface area contributed by atoms with E-state index in [4.69, 9.17) is 22.3 Å². The van der Waals surface area contributed by atoms with Crippen LogP contribution in [0.2, 0.25) is 5.02 Å². The number of anilines is 2. The molecule has 0 aliphatic heterocycles. The summed E-state index contributed by atoms with van der Waals surface area (Å²) in [6.07, 6.45) is 2.62. The predicted molar refractivity (Wildman–Crippen MR) is 154 cm³/mol. The first-order valence-electron chi connectivity index (χ1n) is 12.5. The molecule has 1 atom stereocenters. The molecule has 4 aromatic rings. The van der Waals surface area contributed by atoms with E-state index in [0.29, 0.717) is 23.5 Å². The Hall–Kier alpha value is -4.69. The summed E-state index contributed by atoms with van der Waals surface area (Å²) >= 11 is 6.39. The zero-order valence-electron chi connectivity index (χ0n) is 22.3. The van der Waals surface area contributed by atoms with Crippen LogP contribution in [0.4, 0.5) is 24.8 Å². The molecule has 0 aliphatic rings. The summed E-state index contributed by atoms with van der Waals surface area (Å²) in [6, 6.07) is 7.85. The van der Waals surface area contributed by atoms with E-state index in [1.54, 1.807) is 25.1 Å². The molecule has 210 valence electrons. The standard InChI is InChI=1S/C29H25ClF3N7O/c1-4-6-10-19(5-2)40-27(39-22-12-8-11-21(30)24(22)28(40)41)17(3)37-26-20(25(34)35-16-36-26)15-14-18-9-7-13-23(38-18)29(31,32)33/h4,6-13,16-17H,5H2,1-3H3,(H3,34,35,36,37)/b6-4-,19-10+. The number of nitrogens with two attached hydrogens (primary N) is 1. The highest BCUT2D eigenvalue weighted by Crippen LogP contribution is 2.28. The molecule has 0 saturated carbocycles. The first-order valence-corrected chi connectivity index (χ1v) is 12.9. The Balaban J connectivity index is 1.82. The van der Waals surface area contributed by atoms with E-state index in [1.165, 1.54) is 23.0 Å². The largest absolute Gasteiger partial charge is 0.433 e. The zero-order chi connectivity index (χ0) is 29.7. The monoisotopic (exact) mass is 579 g/mol. The van der Waals surface area contributed by atoms with E-state index in [-0.39, 0.29) is 38.9 Å². The van der Waals surface area contributed by atoms with E-state index in [1.807, 2.05) is 32.1 Å². The molecule has 0 fully saturated rings. The molecule has 1 unspecified atom stereocenters. The highest BCUT2D eigenvalue weighted by atomic mass is 35.5. The lowest BCUT2D eigenvalue weighted by atomic mass is 10.1. The minimum atomic E-state index is -4.61. The lowest BCUT2D eigenvalue weighted by molar-refractivity contribution is -0.141. The van der Waals surface area contributed by atoms with Gasteiger partial charge in [-0.25, -0.2) is 19.9 Å². The van der Waals surface area contributed by atoms with Crippen molar-refractivity contribution in [1.82, 2.24) is 24.5 Å². The van der Waals surface area contributed by atoms with E-state index in [2.05, 4.69) is 32.1 Å². The lowest BCUT2D eigenvalue weighted by Crippen LogP contribution is -2.28. The molecular formula is C29H25ClF3N7O. The average molecular weight is 580 g/mol. The van der Waals surface area contributed by atoms with Gasteiger partial charge in [0.2, 0.25) is 0 Å². The van der Waals surface area contributed by atoms with Crippen molar-refractivity contribution in [3.05, 3.63) is 99.1 Å². The molecule has 0 saturated heterocycles. The van der Waals surface area contributed by atoms with E-state index in [9.17, 15) is 18.0 Å². The third-order valence-electron chi connectivity index (χ3n) is 5.98. The highest BCUT2D eigenvalue weighted by molar-refractivity contribution is 6.35. The van der Waals surface area contributed by atoms with Crippen LogP contribution in [0.15, 0.2) is 65.7 Å². The fraction of sp³-hybridized carbons (Fsp3) is 0.207. The summed E-state index contributed by atoms with van der Waals surface area (Å²) in [5.41, 5.74) is 5.82. The molecule has 0 spiro atoms. The van der Waals surface area contributed by atoms with Crippen molar-refractivity contribution < 1.29 is 13.2 Å². The average Bonchev–Trinajstić information content (AvgIpc) is 2.93. The van der Waals surface area contributed by atoms with Crippen molar-refractivity contribution in [2.45, 2.75) is 39.4 Å². The van der Waals surface area contributed by atoms with Gasteiger partial charge in [-0.1, -0.05) is 48.7 Å². The Morgan fingerprint density at radius 2 is 1.93 bits per heavy atom. The van der Waals surface area contributed by atoms with Crippen LogP contribution in [0.1, 0.15) is 56.0 Å². The summed E-state index contributed by atoms with van der Waals surface area (Å²) in [4.78, 5) is 30.3. The van der Waals surface area contributed by atoms with E-state index >= 15 is 0 Å². The number of halogens is 4. The molecule has 4 rings (SSSR count). The van der Waals surface area contributed by atoms with Crippen LogP contribution in [0.5, 0.6) is 0 Å². The molecule has 0 aliphatic carbocycles. The quantitative estimate of drug-likeness (QED) is 0.205. The number of nitrogens with one attached hydrogen (secondary N) is 1. The fourth-order valence-corrected chi connectivity index (χ4v) is 4.27. The second-order valence-corrected chi connectivity index (χ2v) is 9.19. The minimum Gasteiger partial charge on any atom is -0.382 e. The fourth-order valence-electron chi connectivity index (χ4n) is 4.02. The maximum absolute atomic E-state index is 13.8. The Bertz CT molecular complexity index is 1790. The number of aromatic nitrogens is 5. The predicted octanol–water partition coefficient (Wildman–Crippen LogP) is 6.24. The molecule has 1 aromatic carbocycles. The number of rotatable bonds is 6. The molecule has 3 N–H and O–H groups in total. The zero-order valence-corrected chi connectivity index (χ0v) is 23.0. The normalized spacial score (nSPS) is 12.8. The second kappa shape index (κ2) is 12.2. The first kappa shape index (κ1) is 29.3. The van der Waals surface area contributed by atoms with Crippen LogP contribution < -0.4 is 16.6 Å². The number of allylic oxidation sites excluding steroid dienone is 4. The van der Waals surface area contributed by atoms with Gasteiger partial charge >= 0.3 is 6.18 Å². The second-order valence-electron chi connectivity index (χ2n) is 8.79. The van der Waals surface area contributed by atoms with Gasteiger partial charge in [0.15, 0.2) is 0 Å². The Labute approximate surface area is 238 Å². The van der Waals surface area contributed by atoms with Crippen LogP contribution >= 0.6 is 11.6 Å². The van der Waals surface area contributed by atoms with Gasteiger partial charge in [0.1, 0.15) is 40.7 Å². The molecule has 0 radical (unpaired) electrons. The number of fused-ring (bicyclic) bond motifs is 1. The molecule has 8 nitrogen and oxygen atoms in total. The van der Waals surface area contributed by atoms with Crippen LogP contribution in [0.3, 0.4) is 0 Å². The Morgan fingerprint density at radius 3 is 2.63 bits per heavy atom. The smallest absolute Gasteiger partial charge is 0.382 e. The summed E-state index contributed by atoms with van der Waals surface area (Å²) in [5, 5.41) is 3.76. The Kier molecular flexibility index (Phi) is 8.74. The lowest BCUT2D eigenvalue weighted by Gasteiger charge is -2.22. The van der Waals surface area contributed by atoms with Crippen LogP contribution in [-0.2, 0) is 6.18 Å². The van der Waals surface area contributed by atoms with Crippen molar-refractivity contribution in [2.75, 3.05) is 11.1 Å². The summed E-state index contributed by atoms with van der Waals surface area (Å²) < 4.78 is 40.8. The van der Waals surface area contributed by atoms with Gasteiger partial charge in [-0.15, -0.1) is 0 Å². The maximum atomic E-state index is 13.8. The topological polar surface area (TPSA) is 112 Å². The van der Waals surface area contributed by atoms with Gasteiger partial charge < -0.3 is 11.1 Å². The van der Waals surface area contributed by atoms with E-state index in [0.717, 1.165) is 6.07 Å². The molecule has 41 heavy (non-hydrogen) atoms. The molecule has 3 heterocycles. The SMILES string of the molecule is C/C=C\C=C(/CC)n1c(C(C)Nc2ncnc(N)c2C#Cc2cccc(C(F)(F)F)n2)nc2cccc(Cl)c2c1=O. The number of benzene rings is 1. The van der Waals surface area contributed by atoms with Gasteiger partial charge in [-0.3, -0.25) is 9.36 Å². The van der Waals surface area contributed by atoms with Gasteiger partial charge in [0, 0.05) is 5.70 Å². The van der Waals surface area contributed by atoms with Crippen molar-refractivity contribution in [3.63, 3.8) is 0 Å². The van der Waals surface area contributed by atoms with Gasteiger partial charge in [0.05, 0.1) is 22.0 Å². The van der Waals surface area contributed by atoms with Crippen molar-refractivity contribution in [1.29, 1.82) is 0 Å². The number of alkyl halides is 3. The molecule has 0 bridgehead atoms. The van der Waals surface area contributed by atoms with Gasteiger partial charge in [0.25, 0.3) is 5.56 Å². The third kappa shape index (κ3) is 6.39. The molecule has 0 amide bonds. The number of hydrogen-bond donors (Lipinski definition) is 2. The van der Waals surface area contributed by atoms with E-state index < -0.39 is 17.9 Å². The molecule has 3 aromatic heterocycles. The van der Waals surface area contributed by atoms with Gasteiger partial charge in [-0.05, 0) is 56.5 Å². The van der Waals surface area contributed by atoms with Crippen LogP contribution in [0, 0.1) is 11.8 Å². The van der Waals surface area contributed by atoms with Crippen molar-refractivity contribution in [3.8, 4) is 11.8 Å². The third-order valence-corrected chi connectivity index (χ3v) is 6.29. The van der Waals surface area contributed by atoms with Gasteiger partial charge in [-0.2, -0.15) is 13.2 Å². The Morgan fingerprint density at radius 1 is 1.17 bits per heavy atom. The van der Waals surface area contributed by atoms with Crippen LogP contribution in [-0.4, -0.2) is 24.5 Å². The molecular weight excluding hydrogens is 555 g/mol. The summed E-state index contributed by atoms with van der Waals surface area (Å²) in [6.45, 7) is 5.56. The summed E-state index contributed by atoms with van der Waals surface area (Å²) in [5.74, 6) is 5.93. The molecule has 12 heteroatoms. The van der Waals surface area contributed by atoms with Crippen molar-refractivity contribution >= 4 is 39.8 Å².